The van der Waals surface area contributed by atoms with Gasteiger partial charge in [-0.3, -0.25) is 19.6 Å². The molecule has 28 heavy (non-hydrogen) atoms. The minimum Gasteiger partial charge on any atom is -0.480 e. The summed E-state index contributed by atoms with van der Waals surface area (Å²) in [6.45, 7) is 2.31. The molecule has 146 valence electrons. The second kappa shape index (κ2) is 7.69. The number of amides is 1. The summed E-state index contributed by atoms with van der Waals surface area (Å²) in [6.07, 6.45) is 4.22. The first-order valence-electron chi connectivity index (χ1n) is 9.46. The third-order valence-electron chi connectivity index (χ3n) is 5.56. The van der Waals surface area contributed by atoms with Crippen LogP contribution in [0.5, 0.6) is 0 Å². The summed E-state index contributed by atoms with van der Waals surface area (Å²) in [5.41, 5.74) is 0.742. The number of hydrogen-bond donors (Lipinski definition) is 1. The van der Waals surface area contributed by atoms with E-state index in [9.17, 15) is 14.7 Å². The number of carbonyl (C=O) groups excluding carboxylic acids is 1. The van der Waals surface area contributed by atoms with Gasteiger partial charge >= 0.3 is 5.97 Å². The Kier molecular flexibility index (Phi) is 5.11. The normalized spacial score (nSPS) is 21.7. The van der Waals surface area contributed by atoms with Gasteiger partial charge in [-0.1, -0.05) is 30.3 Å². The van der Waals surface area contributed by atoms with E-state index < -0.39 is 17.7 Å². The minimum atomic E-state index is -1.04. The highest BCUT2D eigenvalue weighted by molar-refractivity contribution is 5.97. The maximum absolute atomic E-state index is 13.1. The number of aliphatic carboxylic acids is 1. The van der Waals surface area contributed by atoms with Gasteiger partial charge in [0.05, 0.1) is 12.2 Å². The van der Waals surface area contributed by atoms with Gasteiger partial charge in [-0.2, -0.15) is 0 Å². The molecule has 1 spiro atoms. The number of nitrogens with zero attached hydrogens (tertiary/aromatic N) is 3. The Balaban J connectivity index is 1.52. The zero-order valence-electron chi connectivity index (χ0n) is 15.5. The fourth-order valence-electron chi connectivity index (χ4n) is 4.09. The molecule has 2 aliphatic heterocycles. The highest BCUT2D eigenvalue weighted by Gasteiger charge is 2.54. The highest BCUT2D eigenvalue weighted by Crippen LogP contribution is 2.38. The zero-order chi connectivity index (χ0) is 19.6. The summed E-state index contributed by atoms with van der Waals surface area (Å²) in [5, 5.41) is 9.64. The molecule has 1 atom stereocenters. The predicted molar refractivity (Wildman–Crippen MR) is 101 cm³/mol. The largest absolute Gasteiger partial charge is 0.480 e. The molecule has 2 saturated heterocycles. The van der Waals surface area contributed by atoms with Crippen LogP contribution in [0.3, 0.4) is 0 Å². The number of hydrogen-bond acceptors (Lipinski definition) is 5. The molecule has 2 aliphatic rings. The van der Waals surface area contributed by atoms with Gasteiger partial charge in [0.15, 0.2) is 6.04 Å². The van der Waals surface area contributed by atoms with Crippen LogP contribution in [0.25, 0.3) is 0 Å². The van der Waals surface area contributed by atoms with Gasteiger partial charge in [0.2, 0.25) is 0 Å². The molecular formula is C21H23N3O4. The summed E-state index contributed by atoms with van der Waals surface area (Å²) in [4.78, 5) is 32.7. The molecule has 0 aliphatic carbocycles. The number of carboxylic acid groups (broad SMARTS) is 1. The number of benzene rings is 1. The summed E-state index contributed by atoms with van der Waals surface area (Å²) < 4.78 is 5.99. The third kappa shape index (κ3) is 3.50. The second-order valence-electron chi connectivity index (χ2n) is 7.29. The van der Waals surface area contributed by atoms with Crippen molar-refractivity contribution in [3.63, 3.8) is 0 Å². The van der Waals surface area contributed by atoms with Gasteiger partial charge in [0.1, 0.15) is 5.72 Å². The van der Waals surface area contributed by atoms with E-state index in [2.05, 4.69) is 22.0 Å². The molecule has 2 fully saturated rings. The minimum absolute atomic E-state index is 0.0139. The van der Waals surface area contributed by atoms with E-state index in [0.717, 1.165) is 19.6 Å². The summed E-state index contributed by atoms with van der Waals surface area (Å²) in [6, 6.07) is 12.6. The van der Waals surface area contributed by atoms with Crippen molar-refractivity contribution < 1.29 is 19.4 Å². The number of ether oxygens (including phenoxy) is 1. The van der Waals surface area contributed by atoms with Crippen LogP contribution in [0, 0.1) is 0 Å². The summed E-state index contributed by atoms with van der Waals surface area (Å²) in [7, 11) is 0. The molecule has 0 radical (unpaired) electrons. The van der Waals surface area contributed by atoms with Gasteiger partial charge in [-0.25, -0.2) is 4.79 Å². The summed E-state index contributed by atoms with van der Waals surface area (Å²) >= 11 is 0. The fraction of sp³-hybridized carbons (Fsp3) is 0.381. The lowest BCUT2D eigenvalue weighted by molar-refractivity contribution is -0.144. The van der Waals surface area contributed by atoms with Crippen molar-refractivity contribution in [2.24, 2.45) is 0 Å². The molecule has 2 aromatic rings. The van der Waals surface area contributed by atoms with E-state index in [1.165, 1.54) is 16.7 Å². The standard InChI is InChI=1S/C21H23N3O4/c25-19(17-7-4-10-22-13-17)24-18(20(26)27)15-28-21(24)8-11-23(12-9-21)14-16-5-2-1-3-6-16/h1-7,10,13,18H,8-9,11-12,14-15H2,(H,26,27)/t18-/m0/s1. The molecular weight excluding hydrogens is 358 g/mol. The van der Waals surface area contributed by atoms with Crippen LogP contribution in [-0.4, -0.2) is 63.2 Å². The Hall–Kier alpha value is -2.77. The highest BCUT2D eigenvalue weighted by atomic mass is 16.5. The van der Waals surface area contributed by atoms with Gasteiger partial charge in [-0.05, 0) is 17.7 Å². The topological polar surface area (TPSA) is 83.0 Å². The predicted octanol–water partition coefficient (Wildman–Crippen LogP) is 2.00. The van der Waals surface area contributed by atoms with E-state index in [4.69, 9.17) is 4.74 Å². The Labute approximate surface area is 163 Å². The number of aromatic nitrogens is 1. The maximum atomic E-state index is 13.1. The summed E-state index contributed by atoms with van der Waals surface area (Å²) in [5.74, 6) is -1.38. The lowest BCUT2D eigenvalue weighted by atomic mass is 9.96. The van der Waals surface area contributed by atoms with Crippen molar-refractivity contribution in [3.05, 3.63) is 66.0 Å². The molecule has 3 heterocycles. The van der Waals surface area contributed by atoms with Crippen LogP contribution < -0.4 is 0 Å². The molecule has 1 aromatic carbocycles. The van der Waals surface area contributed by atoms with Crippen molar-refractivity contribution in [1.82, 2.24) is 14.8 Å². The number of piperidine rings is 1. The van der Waals surface area contributed by atoms with Crippen LogP contribution in [0.15, 0.2) is 54.9 Å². The van der Waals surface area contributed by atoms with Crippen molar-refractivity contribution in [2.45, 2.75) is 31.2 Å². The van der Waals surface area contributed by atoms with E-state index >= 15 is 0 Å². The number of rotatable bonds is 4. The molecule has 0 saturated carbocycles. The number of likely N-dealkylation sites (tertiary alicyclic amines) is 1. The van der Waals surface area contributed by atoms with Gasteiger partial charge in [0, 0.05) is 44.9 Å². The smallest absolute Gasteiger partial charge is 0.328 e. The number of pyridine rings is 1. The van der Waals surface area contributed by atoms with E-state index in [-0.39, 0.29) is 12.5 Å². The third-order valence-corrected chi connectivity index (χ3v) is 5.56. The first-order chi connectivity index (χ1) is 13.6. The van der Waals surface area contributed by atoms with Crippen molar-refractivity contribution in [2.75, 3.05) is 19.7 Å². The molecule has 0 bridgehead atoms. The Morgan fingerprint density at radius 3 is 2.54 bits per heavy atom. The SMILES string of the molecule is O=C(O)[C@@H]1COC2(CCN(Cc3ccccc3)CC2)N1C(=O)c1cccnc1. The molecule has 7 nitrogen and oxygen atoms in total. The second-order valence-corrected chi connectivity index (χ2v) is 7.29. The number of carboxylic acids is 1. The lowest BCUT2D eigenvalue weighted by Gasteiger charge is -2.44. The average molecular weight is 381 g/mol. The Morgan fingerprint density at radius 2 is 1.89 bits per heavy atom. The first kappa shape index (κ1) is 18.6. The van der Waals surface area contributed by atoms with Crippen LogP contribution in [0.4, 0.5) is 0 Å². The van der Waals surface area contributed by atoms with Crippen molar-refractivity contribution in [1.29, 1.82) is 0 Å². The van der Waals surface area contributed by atoms with E-state index in [1.807, 2.05) is 18.2 Å². The lowest BCUT2D eigenvalue weighted by Crippen LogP contribution is -2.58. The maximum Gasteiger partial charge on any atom is 0.328 e. The van der Waals surface area contributed by atoms with E-state index in [0.29, 0.717) is 18.4 Å². The van der Waals surface area contributed by atoms with Crippen LogP contribution in [0.2, 0.25) is 0 Å². The quantitative estimate of drug-likeness (QED) is 0.872. The molecule has 1 N–H and O–H groups in total. The van der Waals surface area contributed by atoms with Crippen LogP contribution >= 0.6 is 0 Å². The van der Waals surface area contributed by atoms with Crippen LogP contribution in [-0.2, 0) is 16.1 Å². The average Bonchev–Trinajstić information content (AvgIpc) is 3.10. The fourth-order valence-corrected chi connectivity index (χ4v) is 4.09. The van der Waals surface area contributed by atoms with Crippen molar-refractivity contribution in [3.8, 4) is 0 Å². The van der Waals surface area contributed by atoms with Crippen molar-refractivity contribution >= 4 is 11.9 Å². The number of carbonyl (C=O) groups is 2. The Morgan fingerprint density at radius 1 is 1.14 bits per heavy atom. The molecule has 0 unspecified atom stereocenters. The zero-order valence-corrected chi connectivity index (χ0v) is 15.5. The molecule has 7 heteroatoms. The Bertz CT molecular complexity index is 835. The first-order valence-corrected chi connectivity index (χ1v) is 9.46. The molecule has 1 aromatic heterocycles. The van der Waals surface area contributed by atoms with Gasteiger partial charge in [-0.15, -0.1) is 0 Å². The van der Waals surface area contributed by atoms with Crippen LogP contribution in [0.1, 0.15) is 28.8 Å². The van der Waals surface area contributed by atoms with Gasteiger partial charge < -0.3 is 9.84 Å². The molecule has 4 rings (SSSR count). The monoisotopic (exact) mass is 381 g/mol. The molecule has 1 amide bonds. The van der Waals surface area contributed by atoms with Gasteiger partial charge in [0.25, 0.3) is 5.91 Å². The van der Waals surface area contributed by atoms with E-state index in [1.54, 1.807) is 18.3 Å².